The number of hydrogen-bond donors (Lipinski definition) is 2. The molecule has 6 nitrogen and oxygen atoms in total. The van der Waals surface area contributed by atoms with Crippen LogP contribution >= 0.6 is 0 Å². The van der Waals surface area contributed by atoms with Gasteiger partial charge in [0.05, 0.1) is 29.6 Å². The Morgan fingerprint density at radius 3 is 2.42 bits per heavy atom. The quantitative estimate of drug-likeness (QED) is 0.620. The third kappa shape index (κ3) is 4.57. The Morgan fingerprint density at radius 2 is 1.73 bits per heavy atom. The van der Waals surface area contributed by atoms with Crippen LogP contribution in [0.1, 0.15) is 27.0 Å². The molecular weight excluding hydrogens is 435 g/mol. The van der Waals surface area contributed by atoms with Crippen LogP contribution in [0.25, 0.3) is 0 Å². The minimum absolute atomic E-state index is 0.156. The van der Waals surface area contributed by atoms with Gasteiger partial charge in [-0.25, -0.2) is 4.99 Å². The van der Waals surface area contributed by atoms with Crippen molar-refractivity contribution in [2.45, 2.75) is 12.3 Å². The number of carbonyl (C=O) groups is 2. The number of benzodiazepines with no additional fused rings is 1. The molecule has 0 saturated carbocycles. The van der Waals surface area contributed by atoms with Crippen molar-refractivity contribution in [2.75, 3.05) is 12.4 Å². The molecule has 3 aromatic carbocycles. The molecule has 1 heterocycles. The van der Waals surface area contributed by atoms with E-state index in [9.17, 15) is 22.8 Å². The van der Waals surface area contributed by atoms with E-state index in [0.717, 1.165) is 30.9 Å². The van der Waals surface area contributed by atoms with E-state index in [1.165, 1.54) is 0 Å². The predicted molar refractivity (Wildman–Crippen MR) is 116 cm³/mol. The fourth-order valence-electron chi connectivity index (χ4n) is 3.44. The highest BCUT2D eigenvalue weighted by molar-refractivity contribution is 6.20. The molecule has 33 heavy (non-hydrogen) atoms. The van der Waals surface area contributed by atoms with Crippen molar-refractivity contribution in [1.29, 1.82) is 0 Å². The normalized spacial score (nSPS) is 15.6. The zero-order chi connectivity index (χ0) is 23.6. The number of nitrogens with one attached hydrogen (secondary N) is 2. The van der Waals surface area contributed by atoms with Crippen LogP contribution in [0, 0.1) is 0 Å². The van der Waals surface area contributed by atoms with E-state index < -0.39 is 29.7 Å². The van der Waals surface area contributed by atoms with E-state index in [0.29, 0.717) is 17.0 Å². The predicted octanol–water partition coefficient (Wildman–Crippen LogP) is 4.26. The number of halogens is 3. The zero-order valence-electron chi connectivity index (χ0n) is 17.3. The Morgan fingerprint density at radius 1 is 1.03 bits per heavy atom. The van der Waals surface area contributed by atoms with Crippen LogP contribution in [0.5, 0.6) is 5.75 Å². The van der Waals surface area contributed by atoms with Gasteiger partial charge in [0.1, 0.15) is 5.75 Å². The molecule has 168 valence electrons. The van der Waals surface area contributed by atoms with Crippen LogP contribution in [-0.2, 0) is 11.0 Å². The average molecular weight is 453 g/mol. The first-order chi connectivity index (χ1) is 15.8. The number of carbonyl (C=O) groups excluding carboxylic acids is 2. The summed E-state index contributed by atoms with van der Waals surface area (Å²) in [6, 6.07) is 18.7. The Hall–Kier alpha value is -4.14. The highest BCUT2D eigenvalue weighted by atomic mass is 19.4. The van der Waals surface area contributed by atoms with Gasteiger partial charge in [0.2, 0.25) is 6.17 Å². The molecule has 0 radical (unpaired) electrons. The number of nitrogens with zero attached hydrogens (tertiary/aromatic N) is 1. The number of benzene rings is 3. The molecule has 1 atom stereocenters. The highest BCUT2D eigenvalue weighted by Gasteiger charge is 2.33. The topological polar surface area (TPSA) is 79.8 Å². The summed E-state index contributed by atoms with van der Waals surface area (Å²) in [4.78, 5) is 30.3. The maximum absolute atomic E-state index is 13.0. The van der Waals surface area contributed by atoms with Gasteiger partial charge in [-0.3, -0.25) is 9.59 Å². The lowest BCUT2D eigenvalue weighted by Crippen LogP contribution is -2.42. The van der Waals surface area contributed by atoms with Crippen molar-refractivity contribution in [3.63, 3.8) is 0 Å². The fraction of sp³-hybridized carbons (Fsp3) is 0.125. The maximum Gasteiger partial charge on any atom is 0.416 e. The van der Waals surface area contributed by atoms with Gasteiger partial charge in [0.15, 0.2) is 0 Å². The van der Waals surface area contributed by atoms with E-state index in [4.69, 9.17) is 4.74 Å². The lowest BCUT2D eigenvalue weighted by Gasteiger charge is -2.16. The number of para-hydroxylation sites is 1. The number of methoxy groups -OCH3 is 1. The third-order valence-electron chi connectivity index (χ3n) is 5.04. The highest BCUT2D eigenvalue weighted by Crippen LogP contribution is 2.33. The number of anilines is 1. The molecule has 0 fully saturated rings. The largest absolute Gasteiger partial charge is 0.496 e. The van der Waals surface area contributed by atoms with Gasteiger partial charge in [-0.2, -0.15) is 13.2 Å². The Kier molecular flexibility index (Phi) is 5.87. The van der Waals surface area contributed by atoms with Gasteiger partial charge in [-0.05, 0) is 24.3 Å². The summed E-state index contributed by atoms with van der Waals surface area (Å²) in [7, 11) is 1.16. The first-order valence-corrected chi connectivity index (χ1v) is 9.87. The SMILES string of the molecule is COc1cc(C(F)(F)F)ccc1C(=O)N[C@H]1N=C(c2ccccc2)c2ccccc2NC1=O. The molecule has 0 spiro atoms. The Bertz CT molecular complexity index is 1240. The maximum atomic E-state index is 13.0. The lowest BCUT2D eigenvalue weighted by atomic mass is 10.0. The van der Waals surface area contributed by atoms with Crippen LogP contribution in [0.15, 0.2) is 77.8 Å². The van der Waals surface area contributed by atoms with E-state index in [1.807, 2.05) is 30.3 Å². The number of alkyl halides is 3. The Balaban J connectivity index is 1.71. The molecule has 9 heteroatoms. The first kappa shape index (κ1) is 22.1. The van der Waals surface area contributed by atoms with Crippen LogP contribution in [0.2, 0.25) is 0 Å². The van der Waals surface area contributed by atoms with Crippen molar-refractivity contribution in [3.8, 4) is 5.75 Å². The zero-order valence-corrected chi connectivity index (χ0v) is 17.3. The van der Waals surface area contributed by atoms with E-state index in [2.05, 4.69) is 15.6 Å². The molecule has 2 amide bonds. The minimum atomic E-state index is -4.59. The number of ether oxygens (including phenoxy) is 1. The van der Waals surface area contributed by atoms with E-state index in [-0.39, 0.29) is 11.3 Å². The second-order valence-corrected chi connectivity index (χ2v) is 7.17. The fourth-order valence-corrected chi connectivity index (χ4v) is 3.44. The summed E-state index contributed by atoms with van der Waals surface area (Å²) in [6.45, 7) is 0. The summed E-state index contributed by atoms with van der Waals surface area (Å²) < 4.78 is 44.0. The number of aliphatic imine (C=N–C) groups is 1. The Labute approximate surface area is 187 Å². The van der Waals surface area contributed by atoms with Gasteiger partial charge in [0.25, 0.3) is 11.8 Å². The lowest BCUT2D eigenvalue weighted by molar-refractivity contribution is -0.137. The molecule has 0 saturated heterocycles. The van der Waals surface area contributed by atoms with E-state index in [1.54, 1.807) is 24.3 Å². The van der Waals surface area contributed by atoms with Gasteiger partial charge in [0, 0.05) is 11.1 Å². The molecule has 2 N–H and O–H groups in total. The minimum Gasteiger partial charge on any atom is -0.496 e. The third-order valence-corrected chi connectivity index (χ3v) is 5.04. The molecule has 0 aromatic heterocycles. The summed E-state index contributed by atoms with van der Waals surface area (Å²) in [5, 5.41) is 5.23. The second kappa shape index (κ2) is 8.78. The van der Waals surface area contributed by atoms with Crippen LogP contribution in [0.3, 0.4) is 0 Å². The van der Waals surface area contributed by atoms with Crippen LogP contribution in [-0.4, -0.2) is 30.8 Å². The summed E-state index contributed by atoms with van der Waals surface area (Å²) in [6.07, 6.45) is -5.92. The second-order valence-electron chi connectivity index (χ2n) is 7.17. The summed E-state index contributed by atoms with van der Waals surface area (Å²) >= 11 is 0. The van der Waals surface area contributed by atoms with Gasteiger partial charge >= 0.3 is 6.18 Å². The van der Waals surface area contributed by atoms with Crippen molar-refractivity contribution in [1.82, 2.24) is 5.32 Å². The van der Waals surface area contributed by atoms with Gasteiger partial charge in [-0.15, -0.1) is 0 Å². The molecule has 0 aliphatic carbocycles. The van der Waals surface area contributed by atoms with Gasteiger partial charge in [-0.1, -0.05) is 48.5 Å². The summed E-state index contributed by atoms with van der Waals surface area (Å²) in [5.74, 6) is -1.66. The number of amides is 2. The number of hydrogen-bond acceptors (Lipinski definition) is 4. The summed E-state index contributed by atoms with van der Waals surface area (Å²) in [5.41, 5.74) is 1.29. The van der Waals surface area contributed by atoms with Crippen molar-refractivity contribution in [3.05, 3.63) is 95.1 Å². The number of fused-ring (bicyclic) bond motifs is 1. The molecule has 1 aliphatic rings. The van der Waals surface area contributed by atoms with Gasteiger partial charge < -0.3 is 15.4 Å². The number of rotatable bonds is 4. The van der Waals surface area contributed by atoms with Crippen LogP contribution in [0.4, 0.5) is 18.9 Å². The standard InChI is InChI=1S/C24H18F3N3O3/c1-33-19-13-15(24(25,26)27)11-12-17(19)22(31)30-21-23(32)28-18-10-6-5-9-16(18)20(29-21)14-7-3-2-4-8-14/h2-13,21H,1H3,(H,28,32)(H,30,31)/t21-/m1/s1. The molecule has 3 aromatic rings. The van der Waals surface area contributed by atoms with Crippen molar-refractivity contribution < 1.29 is 27.5 Å². The van der Waals surface area contributed by atoms with Crippen molar-refractivity contribution in [2.24, 2.45) is 4.99 Å². The molecular formula is C24H18F3N3O3. The average Bonchev–Trinajstić information content (AvgIpc) is 2.95. The molecule has 0 bridgehead atoms. The molecule has 1 aliphatic heterocycles. The molecule has 4 rings (SSSR count). The first-order valence-electron chi connectivity index (χ1n) is 9.87. The van der Waals surface area contributed by atoms with Crippen LogP contribution < -0.4 is 15.4 Å². The van der Waals surface area contributed by atoms with Crippen molar-refractivity contribution >= 4 is 23.2 Å². The monoisotopic (exact) mass is 453 g/mol. The van der Waals surface area contributed by atoms with E-state index >= 15 is 0 Å². The molecule has 0 unspecified atom stereocenters. The smallest absolute Gasteiger partial charge is 0.416 e.